The van der Waals surface area contributed by atoms with E-state index >= 15 is 0 Å². The molecule has 0 fully saturated rings. The van der Waals surface area contributed by atoms with Crippen molar-refractivity contribution in [3.63, 3.8) is 0 Å². The van der Waals surface area contributed by atoms with Gasteiger partial charge in [0.2, 0.25) is 5.96 Å². The van der Waals surface area contributed by atoms with Crippen LogP contribution in [0.5, 0.6) is 0 Å². The largest absolute Gasteiger partial charge is 0.452 e. The Morgan fingerprint density at radius 1 is 0.471 bits per heavy atom. The summed E-state index contributed by atoms with van der Waals surface area (Å²) in [7, 11) is 0. The van der Waals surface area contributed by atoms with Crippen LogP contribution in [-0.4, -0.2) is 10.5 Å². The lowest BCUT2D eigenvalue weighted by atomic mass is 10.0. The van der Waals surface area contributed by atoms with Gasteiger partial charge in [-0.3, -0.25) is 9.88 Å². The van der Waals surface area contributed by atoms with Crippen LogP contribution in [0.3, 0.4) is 0 Å². The van der Waals surface area contributed by atoms with Crippen LogP contribution in [0.15, 0.2) is 172 Å². The number of hydrogen-bond donors (Lipinski definition) is 2. The molecule has 0 saturated heterocycles. The molecule has 2 N–H and O–H groups in total. The molecule has 0 saturated carbocycles. The fourth-order valence-corrected chi connectivity index (χ4v) is 7.85. The van der Waals surface area contributed by atoms with Crippen LogP contribution in [0.4, 0.5) is 0 Å². The highest BCUT2D eigenvalue weighted by Gasteiger charge is 2.28. The summed E-state index contributed by atoms with van der Waals surface area (Å²) in [5.41, 5.74) is 9.96. The SMILES string of the molecule is c1ccc(-c2ccc(C3NC(n4c5ccccc5c5ccccc54)=NC(c4ccc5oc6c(ccc7c8ccccc8oc76)c5c4)N3)cc2)cc1. The molecule has 1 aliphatic rings. The summed E-state index contributed by atoms with van der Waals surface area (Å²) in [6.45, 7) is 0. The molecule has 6 nitrogen and oxygen atoms in total. The Hall–Kier alpha value is -6.63. The monoisotopic (exact) mass is 658 g/mol. The molecule has 2 atom stereocenters. The third-order valence-electron chi connectivity index (χ3n) is 10.3. The molecule has 0 bridgehead atoms. The summed E-state index contributed by atoms with van der Waals surface area (Å²) in [5, 5.41) is 14.2. The molecule has 0 radical (unpaired) electrons. The van der Waals surface area contributed by atoms with E-state index in [-0.39, 0.29) is 12.3 Å². The molecular weight excluding hydrogens is 629 g/mol. The Morgan fingerprint density at radius 3 is 1.76 bits per heavy atom. The maximum atomic E-state index is 6.49. The lowest BCUT2D eigenvalue weighted by Crippen LogP contribution is -2.47. The zero-order valence-electron chi connectivity index (χ0n) is 27.4. The van der Waals surface area contributed by atoms with Crippen LogP contribution in [0.2, 0.25) is 0 Å². The number of nitrogens with zero attached hydrogens (tertiary/aromatic N) is 2. The summed E-state index contributed by atoms with van der Waals surface area (Å²) in [4.78, 5) is 5.39. The van der Waals surface area contributed by atoms with E-state index in [4.69, 9.17) is 13.8 Å². The van der Waals surface area contributed by atoms with Gasteiger partial charge < -0.3 is 14.2 Å². The highest BCUT2D eigenvalue weighted by molar-refractivity contribution is 6.19. The van der Waals surface area contributed by atoms with Crippen molar-refractivity contribution in [1.82, 2.24) is 15.2 Å². The van der Waals surface area contributed by atoms with Crippen molar-refractivity contribution in [3.8, 4) is 11.1 Å². The number of benzene rings is 7. The van der Waals surface area contributed by atoms with E-state index in [1.54, 1.807) is 0 Å². The van der Waals surface area contributed by atoms with Gasteiger partial charge in [-0.25, -0.2) is 4.99 Å². The van der Waals surface area contributed by atoms with Crippen LogP contribution >= 0.6 is 0 Å². The van der Waals surface area contributed by atoms with Crippen LogP contribution in [0, 0.1) is 0 Å². The van der Waals surface area contributed by atoms with Gasteiger partial charge in [-0.2, -0.15) is 0 Å². The molecule has 0 aliphatic carbocycles. The number of nitrogens with one attached hydrogen (secondary N) is 2. The molecule has 0 amide bonds. The van der Waals surface area contributed by atoms with Crippen molar-refractivity contribution in [2.24, 2.45) is 4.99 Å². The Kier molecular flexibility index (Phi) is 6.05. The van der Waals surface area contributed by atoms with Crippen molar-refractivity contribution in [2.75, 3.05) is 0 Å². The first-order chi connectivity index (χ1) is 25.3. The number of aliphatic imine (C=N–C) groups is 1. The van der Waals surface area contributed by atoms with Gasteiger partial charge in [0.15, 0.2) is 11.2 Å². The van der Waals surface area contributed by atoms with Gasteiger partial charge in [-0.05, 0) is 64.7 Å². The quantitative estimate of drug-likeness (QED) is 0.198. The van der Waals surface area contributed by atoms with Crippen molar-refractivity contribution < 1.29 is 8.83 Å². The average Bonchev–Trinajstić information content (AvgIpc) is 3.88. The fraction of sp³-hybridized carbons (Fsp3) is 0.0444. The molecular formula is C45H30N4O2. The zero-order chi connectivity index (χ0) is 33.5. The highest BCUT2D eigenvalue weighted by Crippen LogP contribution is 2.40. The number of aromatic nitrogens is 1. The topological polar surface area (TPSA) is 67.6 Å². The average molecular weight is 659 g/mol. The van der Waals surface area contributed by atoms with E-state index < -0.39 is 0 Å². The molecule has 51 heavy (non-hydrogen) atoms. The molecule has 242 valence electrons. The van der Waals surface area contributed by atoms with E-state index in [2.05, 4.69) is 149 Å². The molecule has 4 heterocycles. The first-order valence-electron chi connectivity index (χ1n) is 17.3. The Morgan fingerprint density at radius 2 is 1.04 bits per heavy atom. The van der Waals surface area contributed by atoms with Gasteiger partial charge in [0.25, 0.3) is 0 Å². The van der Waals surface area contributed by atoms with E-state index in [9.17, 15) is 0 Å². The van der Waals surface area contributed by atoms with Crippen LogP contribution in [0.25, 0.3) is 76.8 Å². The zero-order valence-corrected chi connectivity index (χ0v) is 27.4. The fourth-order valence-electron chi connectivity index (χ4n) is 7.85. The van der Waals surface area contributed by atoms with E-state index in [0.29, 0.717) is 0 Å². The number of rotatable bonds is 3. The number of hydrogen-bond acceptors (Lipinski definition) is 5. The molecule has 0 spiro atoms. The molecule has 11 rings (SSSR count). The second-order valence-corrected chi connectivity index (χ2v) is 13.2. The van der Waals surface area contributed by atoms with Crippen LogP contribution < -0.4 is 10.6 Å². The van der Waals surface area contributed by atoms with Crippen molar-refractivity contribution in [2.45, 2.75) is 12.3 Å². The molecule has 1 aliphatic heterocycles. The third kappa shape index (κ3) is 4.37. The van der Waals surface area contributed by atoms with E-state index in [0.717, 1.165) is 72.0 Å². The summed E-state index contributed by atoms with van der Waals surface area (Å²) < 4.78 is 15.1. The third-order valence-corrected chi connectivity index (χ3v) is 10.3. The lowest BCUT2D eigenvalue weighted by molar-refractivity contribution is 0.403. The summed E-state index contributed by atoms with van der Waals surface area (Å²) in [6.07, 6.45) is -0.552. The highest BCUT2D eigenvalue weighted by atomic mass is 16.4. The van der Waals surface area contributed by atoms with Gasteiger partial charge in [0.05, 0.1) is 11.0 Å². The molecule has 10 aromatic rings. The van der Waals surface area contributed by atoms with Gasteiger partial charge in [-0.15, -0.1) is 0 Å². The van der Waals surface area contributed by atoms with Crippen molar-refractivity contribution in [1.29, 1.82) is 0 Å². The Labute approximate surface area is 292 Å². The smallest absolute Gasteiger partial charge is 0.206 e. The number of para-hydroxylation sites is 3. The van der Waals surface area contributed by atoms with Crippen LogP contribution in [0.1, 0.15) is 23.5 Å². The van der Waals surface area contributed by atoms with Gasteiger partial charge in [0, 0.05) is 32.3 Å². The summed E-state index contributed by atoms with van der Waals surface area (Å²) >= 11 is 0. The van der Waals surface area contributed by atoms with Crippen molar-refractivity contribution >= 4 is 71.6 Å². The maximum absolute atomic E-state index is 6.49. The first kappa shape index (κ1) is 28.2. The van der Waals surface area contributed by atoms with Gasteiger partial charge >= 0.3 is 0 Å². The Bertz CT molecular complexity index is 2930. The predicted octanol–water partition coefficient (Wildman–Crippen LogP) is 11.1. The lowest BCUT2D eigenvalue weighted by Gasteiger charge is -2.32. The van der Waals surface area contributed by atoms with Gasteiger partial charge in [-0.1, -0.05) is 115 Å². The molecule has 7 aromatic carbocycles. The van der Waals surface area contributed by atoms with Gasteiger partial charge in [0.1, 0.15) is 23.5 Å². The van der Waals surface area contributed by atoms with Crippen molar-refractivity contribution in [3.05, 3.63) is 169 Å². The molecule has 2 unspecified atom stereocenters. The Balaban J connectivity index is 1.07. The minimum absolute atomic E-state index is 0.209. The minimum Gasteiger partial charge on any atom is -0.452 e. The minimum atomic E-state index is -0.343. The molecule has 6 heteroatoms. The normalized spacial score (nSPS) is 16.4. The molecule has 3 aromatic heterocycles. The standard InChI is InChI=1S/C45H30N4O2/c1-2-10-27(11-3-1)28-18-20-29(21-19-28)43-46-44(48-45(47-43)49-37-15-7-4-12-31(37)32-13-5-8-16-38(32)49)30-22-25-40-36(26-30)35-24-23-34-33-14-6-9-17-39(33)50-41(34)42(35)51-40/h1-26,43-44,46H,(H,47,48). The number of fused-ring (bicyclic) bond motifs is 10. The van der Waals surface area contributed by atoms with Crippen LogP contribution in [-0.2, 0) is 0 Å². The second-order valence-electron chi connectivity index (χ2n) is 13.2. The first-order valence-corrected chi connectivity index (χ1v) is 17.3. The summed E-state index contributed by atoms with van der Waals surface area (Å²) in [6, 6.07) is 55.2. The van der Waals surface area contributed by atoms with E-state index in [1.807, 2.05) is 24.3 Å². The maximum Gasteiger partial charge on any atom is 0.206 e. The number of furan rings is 2. The summed E-state index contributed by atoms with van der Waals surface area (Å²) in [5.74, 6) is 0.786. The van der Waals surface area contributed by atoms with E-state index in [1.165, 1.54) is 21.9 Å². The second kappa shape index (κ2) is 10.9. The predicted molar refractivity (Wildman–Crippen MR) is 207 cm³/mol.